The molecule has 19 heavy (non-hydrogen) atoms. The second-order valence-electron chi connectivity index (χ2n) is 3.87. The third kappa shape index (κ3) is 4.87. The fourth-order valence-electron chi connectivity index (χ4n) is 1.34. The highest BCUT2D eigenvalue weighted by Crippen LogP contribution is 2.09. The van der Waals surface area contributed by atoms with Crippen LogP contribution in [0.3, 0.4) is 0 Å². The van der Waals surface area contributed by atoms with Gasteiger partial charge < -0.3 is 10.5 Å². The highest BCUT2D eigenvalue weighted by molar-refractivity contribution is 7.89. The highest BCUT2D eigenvalue weighted by Gasteiger charge is 2.15. The summed E-state index contributed by atoms with van der Waals surface area (Å²) in [5, 5.41) is 3.90. The van der Waals surface area contributed by atoms with E-state index in [1.807, 2.05) is 0 Å². The number of sulfonamides is 1. The van der Waals surface area contributed by atoms with Crippen molar-refractivity contribution in [3.05, 3.63) is 11.8 Å². The standard InChI is InChI=1S/C10H18N4O4S/c1-3-18-9(15)4-5-19(16,17)13-7-8-6-12-14(2)10(8)11/h6,13H,3-5,7,11H2,1-2H3. The Labute approximate surface area is 112 Å². The van der Waals surface area contributed by atoms with Crippen molar-refractivity contribution in [1.82, 2.24) is 14.5 Å². The Kier molecular flexibility index (Phi) is 5.31. The molecule has 8 nitrogen and oxygen atoms in total. The zero-order valence-electron chi connectivity index (χ0n) is 10.9. The average molecular weight is 290 g/mol. The Hall–Kier alpha value is -1.61. The van der Waals surface area contributed by atoms with Gasteiger partial charge in [-0.2, -0.15) is 5.10 Å². The Morgan fingerprint density at radius 1 is 1.58 bits per heavy atom. The summed E-state index contributed by atoms with van der Waals surface area (Å²) in [6, 6.07) is 0. The second kappa shape index (κ2) is 6.53. The van der Waals surface area contributed by atoms with Gasteiger partial charge in [0.1, 0.15) is 5.82 Å². The fraction of sp³-hybridized carbons (Fsp3) is 0.600. The summed E-state index contributed by atoms with van der Waals surface area (Å²) in [5.41, 5.74) is 6.27. The Balaban J connectivity index is 2.47. The van der Waals surface area contributed by atoms with Crippen molar-refractivity contribution in [2.75, 3.05) is 18.1 Å². The van der Waals surface area contributed by atoms with Crippen molar-refractivity contribution in [1.29, 1.82) is 0 Å². The van der Waals surface area contributed by atoms with Gasteiger partial charge in [0.25, 0.3) is 0 Å². The molecule has 0 aliphatic heterocycles. The molecule has 0 spiro atoms. The number of hydrogen-bond donors (Lipinski definition) is 2. The molecule has 9 heteroatoms. The van der Waals surface area contributed by atoms with Gasteiger partial charge in [-0.05, 0) is 6.92 Å². The van der Waals surface area contributed by atoms with Crippen LogP contribution in [0, 0.1) is 0 Å². The molecule has 0 fully saturated rings. The summed E-state index contributed by atoms with van der Waals surface area (Å²) in [4.78, 5) is 11.1. The fourth-order valence-corrected chi connectivity index (χ4v) is 2.29. The van der Waals surface area contributed by atoms with E-state index < -0.39 is 16.0 Å². The van der Waals surface area contributed by atoms with Crippen molar-refractivity contribution < 1.29 is 17.9 Å². The number of nitrogen functional groups attached to an aromatic ring is 1. The summed E-state index contributed by atoms with van der Waals surface area (Å²) in [6.07, 6.45) is 1.31. The van der Waals surface area contributed by atoms with Crippen LogP contribution < -0.4 is 10.5 Å². The van der Waals surface area contributed by atoms with E-state index in [-0.39, 0.29) is 25.3 Å². The molecular weight excluding hydrogens is 272 g/mol. The van der Waals surface area contributed by atoms with E-state index in [2.05, 4.69) is 14.6 Å². The first-order chi connectivity index (χ1) is 8.85. The zero-order chi connectivity index (χ0) is 14.5. The summed E-state index contributed by atoms with van der Waals surface area (Å²) >= 11 is 0. The molecule has 0 amide bonds. The number of ether oxygens (including phenoxy) is 1. The molecular formula is C10H18N4O4S. The molecule has 0 unspecified atom stereocenters. The van der Waals surface area contributed by atoms with Crippen LogP contribution in [0.25, 0.3) is 0 Å². The minimum atomic E-state index is -3.54. The molecule has 1 aromatic heterocycles. The normalized spacial score (nSPS) is 11.5. The number of nitrogens with one attached hydrogen (secondary N) is 1. The van der Waals surface area contributed by atoms with Gasteiger partial charge in [-0.3, -0.25) is 9.48 Å². The first-order valence-electron chi connectivity index (χ1n) is 5.75. The smallest absolute Gasteiger partial charge is 0.306 e. The maximum absolute atomic E-state index is 11.6. The molecule has 3 N–H and O–H groups in total. The van der Waals surface area contributed by atoms with Gasteiger partial charge in [0.15, 0.2) is 0 Å². The van der Waals surface area contributed by atoms with Crippen molar-refractivity contribution >= 4 is 21.8 Å². The topological polar surface area (TPSA) is 116 Å². The summed E-state index contributed by atoms with van der Waals surface area (Å²) in [7, 11) is -1.88. The molecule has 1 aromatic rings. The van der Waals surface area contributed by atoms with Crippen LogP contribution in [0.5, 0.6) is 0 Å². The molecule has 0 atom stereocenters. The summed E-state index contributed by atoms with van der Waals surface area (Å²) in [6.45, 7) is 1.94. The van der Waals surface area contributed by atoms with Crippen molar-refractivity contribution in [2.45, 2.75) is 19.9 Å². The van der Waals surface area contributed by atoms with Crippen LogP contribution in [0.1, 0.15) is 18.9 Å². The maximum Gasteiger partial charge on any atom is 0.306 e. The molecule has 1 rings (SSSR count). The number of aromatic nitrogens is 2. The van der Waals surface area contributed by atoms with Gasteiger partial charge in [-0.1, -0.05) is 0 Å². The van der Waals surface area contributed by atoms with E-state index in [1.165, 1.54) is 10.9 Å². The number of hydrogen-bond acceptors (Lipinski definition) is 6. The number of nitrogens with two attached hydrogens (primary N) is 1. The lowest BCUT2D eigenvalue weighted by atomic mass is 10.3. The maximum atomic E-state index is 11.6. The minimum Gasteiger partial charge on any atom is -0.466 e. The number of esters is 1. The SMILES string of the molecule is CCOC(=O)CCS(=O)(=O)NCc1cnn(C)c1N. The van der Waals surface area contributed by atoms with Crippen LogP contribution in [-0.2, 0) is 33.1 Å². The average Bonchev–Trinajstić information content (AvgIpc) is 2.66. The number of carbonyl (C=O) groups is 1. The van der Waals surface area contributed by atoms with Crippen molar-refractivity contribution in [2.24, 2.45) is 7.05 Å². The Morgan fingerprint density at radius 3 is 2.79 bits per heavy atom. The van der Waals surface area contributed by atoms with Crippen LogP contribution in [0.15, 0.2) is 6.20 Å². The van der Waals surface area contributed by atoms with E-state index in [9.17, 15) is 13.2 Å². The third-order valence-corrected chi connectivity index (χ3v) is 3.75. The number of aryl methyl sites for hydroxylation is 1. The monoisotopic (exact) mass is 290 g/mol. The minimum absolute atomic E-state index is 0.0465. The molecule has 0 saturated carbocycles. The predicted molar refractivity (Wildman–Crippen MR) is 69.5 cm³/mol. The molecule has 0 aromatic carbocycles. The van der Waals surface area contributed by atoms with Crippen LogP contribution in [-0.4, -0.2) is 36.5 Å². The van der Waals surface area contributed by atoms with E-state index >= 15 is 0 Å². The predicted octanol–water partition coefficient (Wildman–Crippen LogP) is -0.625. The first-order valence-corrected chi connectivity index (χ1v) is 7.40. The number of rotatable bonds is 7. The summed E-state index contributed by atoms with van der Waals surface area (Å²) in [5.74, 6) is -0.451. The van der Waals surface area contributed by atoms with Crippen LogP contribution >= 0.6 is 0 Å². The van der Waals surface area contributed by atoms with E-state index in [0.29, 0.717) is 11.4 Å². The van der Waals surface area contributed by atoms with Gasteiger partial charge in [-0.15, -0.1) is 0 Å². The zero-order valence-corrected chi connectivity index (χ0v) is 11.7. The van der Waals surface area contributed by atoms with Crippen LogP contribution in [0.4, 0.5) is 5.82 Å². The lowest BCUT2D eigenvalue weighted by Gasteiger charge is -2.06. The summed E-state index contributed by atoms with van der Waals surface area (Å²) < 4.78 is 31.8. The first kappa shape index (κ1) is 15.4. The van der Waals surface area contributed by atoms with E-state index in [1.54, 1.807) is 14.0 Å². The van der Waals surface area contributed by atoms with Gasteiger partial charge in [0.2, 0.25) is 10.0 Å². The molecule has 0 saturated heterocycles. The Morgan fingerprint density at radius 2 is 2.26 bits per heavy atom. The van der Waals surface area contributed by atoms with Crippen molar-refractivity contribution in [3.63, 3.8) is 0 Å². The van der Waals surface area contributed by atoms with Gasteiger partial charge >= 0.3 is 5.97 Å². The molecule has 0 aliphatic carbocycles. The lowest BCUT2D eigenvalue weighted by Crippen LogP contribution is -2.27. The van der Waals surface area contributed by atoms with Gasteiger partial charge in [0.05, 0.1) is 25.0 Å². The third-order valence-electron chi connectivity index (χ3n) is 2.43. The lowest BCUT2D eigenvalue weighted by molar-refractivity contribution is -0.142. The number of nitrogens with zero attached hydrogens (tertiary/aromatic N) is 2. The van der Waals surface area contributed by atoms with Gasteiger partial charge in [-0.25, -0.2) is 13.1 Å². The molecule has 0 aliphatic rings. The molecule has 0 radical (unpaired) electrons. The quantitative estimate of drug-likeness (QED) is 0.646. The van der Waals surface area contributed by atoms with Crippen molar-refractivity contribution in [3.8, 4) is 0 Å². The Bertz CT molecular complexity index is 538. The molecule has 1 heterocycles. The second-order valence-corrected chi connectivity index (χ2v) is 5.80. The highest BCUT2D eigenvalue weighted by atomic mass is 32.2. The number of anilines is 1. The molecule has 108 valence electrons. The largest absolute Gasteiger partial charge is 0.466 e. The van der Waals surface area contributed by atoms with Gasteiger partial charge in [0, 0.05) is 19.2 Å². The van der Waals surface area contributed by atoms with E-state index in [4.69, 9.17) is 5.73 Å². The number of carbonyl (C=O) groups excluding carboxylic acids is 1. The molecule has 0 bridgehead atoms. The van der Waals surface area contributed by atoms with E-state index in [0.717, 1.165) is 0 Å². The van der Waals surface area contributed by atoms with Crippen LogP contribution in [0.2, 0.25) is 0 Å².